The Morgan fingerprint density at radius 2 is 1.84 bits per heavy atom. The predicted octanol–water partition coefficient (Wildman–Crippen LogP) is 1.57. The third kappa shape index (κ3) is 3.26. The van der Waals surface area contributed by atoms with Gasteiger partial charge in [-0.3, -0.25) is 4.79 Å². The van der Waals surface area contributed by atoms with Gasteiger partial charge in [0, 0.05) is 26.1 Å². The maximum Gasteiger partial charge on any atom is 0.329 e. The minimum absolute atomic E-state index is 0.0914. The fourth-order valence-corrected chi connectivity index (χ4v) is 3.18. The Hall–Kier alpha value is -1.10. The number of carboxylic acids is 1. The first-order valence-electron chi connectivity index (χ1n) is 7.10. The zero-order valence-corrected chi connectivity index (χ0v) is 12.5. The summed E-state index contributed by atoms with van der Waals surface area (Å²) in [7, 11) is 0. The van der Waals surface area contributed by atoms with Crippen LogP contribution in [0.25, 0.3) is 0 Å². The lowest BCUT2D eigenvalue weighted by molar-refractivity contribution is -0.165. The number of carboxylic acid groups (broad SMARTS) is 1. The quantitative estimate of drug-likeness (QED) is 0.824. The Bertz CT molecular complexity index is 334. The van der Waals surface area contributed by atoms with Gasteiger partial charge in [-0.1, -0.05) is 6.92 Å². The summed E-state index contributed by atoms with van der Waals surface area (Å²) in [5.74, 6) is -1.02. The van der Waals surface area contributed by atoms with E-state index in [1.807, 2.05) is 13.8 Å². The lowest BCUT2D eigenvalue weighted by Gasteiger charge is -2.47. The van der Waals surface area contributed by atoms with Crippen molar-refractivity contribution in [2.75, 3.05) is 19.6 Å². The Morgan fingerprint density at radius 1 is 1.32 bits per heavy atom. The Balaban J connectivity index is 2.94. The molecule has 0 unspecified atom stereocenters. The molecule has 5 nitrogen and oxygen atoms in total. The van der Waals surface area contributed by atoms with E-state index in [9.17, 15) is 14.7 Å². The molecule has 1 rings (SSSR count). The number of aliphatic carboxylic acids is 1. The number of hydrogen-bond acceptors (Lipinski definition) is 3. The van der Waals surface area contributed by atoms with Gasteiger partial charge < -0.3 is 14.9 Å². The zero-order valence-electron chi connectivity index (χ0n) is 12.5. The Morgan fingerprint density at radius 3 is 2.16 bits per heavy atom. The summed E-state index contributed by atoms with van der Waals surface area (Å²) in [6.07, 6.45) is 2.10. The lowest BCUT2D eigenvalue weighted by atomic mass is 9.84. The Labute approximate surface area is 115 Å². The molecule has 1 saturated heterocycles. The van der Waals surface area contributed by atoms with Gasteiger partial charge in [0.2, 0.25) is 5.91 Å². The summed E-state index contributed by atoms with van der Waals surface area (Å²) in [6, 6.07) is -0.0914. The molecule has 1 fully saturated rings. The van der Waals surface area contributed by atoms with Crippen LogP contribution in [0.4, 0.5) is 0 Å². The average molecular weight is 270 g/mol. The summed E-state index contributed by atoms with van der Waals surface area (Å²) in [5, 5.41) is 9.66. The van der Waals surface area contributed by atoms with E-state index in [0.717, 1.165) is 26.1 Å². The molecule has 1 aliphatic rings. The molecular formula is C14H26N2O3. The molecule has 110 valence electrons. The molecule has 1 heterocycles. The highest BCUT2D eigenvalue weighted by Gasteiger charge is 2.48. The monoisotopic (exact) mass is 270 g/mol. The first kappa shape index (κ1) is 16.0. The normalized spacial score (nSPS) is 19.4. The van der Waals surface area contributed by atoms with E-state index in [0.29, 0.717) is 12.8 Å². The molecule has 0 bridgehead atoms. The number of piperidine rings is 1. The van der Waals surface area contributed by atoms with Gasteiger partial charge in [0.15, 0.2) is 0 Å². The highest BCUT2D eigenvalue weighted by atomic mass is 16.4. The van der Waals surface area contributed by atoms with Crippen molar-refractivity contribution in [3.8, 4) is 0 Å². The average Bonchev–Trinajstić information content (AvgIpc) is 2.30. The maximum atomic E-state index is 11.9. The van der Waals surface area contributed by atoms with Gasteiger partial charge >= 0.3 is 5.97 Å². The number of likely N-dealkylation sites (tertiary alicyclic amines) is 1. The number of nitrogens with zero attached hydrogens (tertiary/aromatic N) is 2. The van der Waals surface area contributed by atoms with Crippen LogP contribution in [0.1, 0.15) is 47.0 Å². The van der Waals surface area contributed by atoms with Crippen molar-refractivity contribution in [2.24, 2.45) is 0 Å². The summed E-state index contributed by atoms with van der Waals surface area (Å²) >= 11 is 0. The van der Waals surface area contributed by atoms with E-state index in [1.54, 1.807) is 4.90 Å². The second kappa shape index (κ2) is 6.37. The molecule has 5 heteroatoms. The molecule has 0 spiro atoms. The molecule has 1 aliphatic heterocycles. The van der Waals surface area contributed by atoms with Crippen LogP contribution in [0.3, 0.4) is 0 Å². The molecule has 0 saturated carbocycles. The minimum atomic E-state index is -1.02. The lowest BCUT2D eigenvalue weighted by Crippen LogP contribution is -2.63. The van der Waals surface area contributed by atoms with E-state index < -0.39 is 11.5 Å². The summed E-state index contributed by atoms with van der Waals surface area (Å²) in [5.41, 5.74) is -1.02. The van der Waals surface area contributed by atoms with Gasteiger partial charge in [-0.05, 0) is 39.7 Å². The molecular weight excluding hydrogens is 244 g/mol. The second-order valence-electron chi connectivity index (χ2n) is 5.66. The van der Waals surface area contributed by atoms with Crippen LogP contribution in [0.2, 0.25) is 0 Å². The topological polar surface area (TPSA) is 60.9 Å². The molecule has 0 aromatic heterocycles. The summed E-state index contributed by atoms with van der Waals surface area (Å²) in [6.45, 7) is 9.83. The number of carbonyl (C=O) groups excluding carboxylic acids is 1. The van der Waals surface area contributed by atoms with Crippen LogP contribution in [0.15, 0.2) is 0 Å². The van der Waals surface area contributed by atoms with Gasteiger partial charge in [0.05, 0.1) is 0 Å². The minimum Gasteiger partial charge on any atom is -0.479 e. The van der Waals surface area contributed by atoms with Crippen LogP contribution in [-0.2, 0) is 9.59 Å². The van der Waals surface area contributed by atoms with E-state index in [4.69, 9.17) is 0 Å². The Kier molecular flexibility index (Phi) is 5.35. The van der Waals surface area contributed by atoms with Crippen molar-refractivity contribution < 1.29 is 14.7 Å². The molecule has 19 heavy (non-hydrogen) atoms. The van der Waals surface area contributed by atoms with Gasteiger partial charge in [-0.2, -0.15) is 0 Å². The van der Waals surface area contributed by atoms with Crippen molar-refractivity contribution >= 4 is 11.9 Å². The fourth-order valence-electron chi connectivity index (χ4n) is 3.18. The van der Waals surface area contributed by atoms with Crippen LogP contribution < -0.4 is 0 Å². The van der Waals surface area contributed by atoms with Gasteiger partial charge in [-0.25, -0.2) is 4.79 Å². The number of amides is 1. The molecule has 0 aliphatic carbocycles. The number of rotatable bonds is 5. The van der Waals surface area contributed by atoms with Gasteiger partial charge in [-0.15, -0.1) is 0 Å². The number of hydrogen-bond donors (Lipinski definition) is 1. The number of carbonyl (C=O) groups is 2. The maximum absolute atomic E-state index is 11.9. The molecule has 0 aromatic rings. The van der Waals surface area contributed by atoms with E-state index >= 15 is 0 Å². The van der Waals surface area contributed by atoms with Crippen molar-refractivity contribution in [3.05, 3.63) is 0 Å². The van der Waals surface area contributed by atoms with Crippen LogP contribution in [0.5, 0.6) is 0 Å². The van der Waals surface area contributed by atoms with Crippen LogP contribution in [0, 0.1) is 0 Å². The molecule has 0 aromatic carbocycles. The predicted molar refractivity (Wildman–Crippen MR) is 74.0 cm³/mol. The summed E-state index contributed by atoms with van der Waals surface area (Å²) < 4.78 is 0. The zero-order chi connectivity index (χ0) is 14.6. The van der Waals surface area contributed by atoms with Crippen molar-refractivity contribution in [1.82, 2.24) is 9.80 Å². The highest BCUT2D eigenvalue weighted by Crippen LogP contribution is 2.31. The van der Waals surface area contributed by atoms with Crippen molar-refractivity contribution in [3.63, 3.8) is 0 Å². The third-order valence-electron chi connectivity index (χ3n) is 3.94. The van der Waals surface area contributed by atoms with E-state index in [-0.39, 0.29) is 11.9 Å². The van der Waals surface area contributed by atoms with Crippen LogP contribution in [-0.4, -0.2) is 58.0 Å². The smallest absolute Gasteiger partial charge is 0.329 e. The second-order valence-corrected chi connectivity index (χ2v) is 5.66. The fraction of sp³-hybridized carbons (Fsp3) is 0.857. The van der Waals surface area contributed by atoms with Crippen molar-refractivity contribution in [2.45, 2.75) is 58.5 Å². The largest absolute Gasteiger partial charge is 0.479 e. The summed E-state index contributed by atoms with van der Waals surface area (Å²) in [4.78, 5) is 27.5. The van der Waals surface area contributed by atoms with Crippen LogP contribution >= 0.6 is 0 Å². The first-order valence-corrected chi connectivity index (χ1v) is 7.10. The molecule has 0 atom stereocenters. The van der Waals surface area contributed by atoms with Crippen molar-refractivity contribution in [1.29, 1.82) is 0 Å². The van der Waals surface area contributed by atoms with Gasteiger partial charge in [0.1, 0.15) is 5.54 Å². The first-order chi connectivity index (χ1) is 8.85. The molecule has 1 amide bonds. The van der Waals surface area contributed by atoms with E-state index in [1.165, 1.54) is 6.92 Å². The van der Waals surface area contributed by atoms with Gasteiger partial charge in [0.25, 0.3) is 0 Å². The molecule has 0 radical (unpaired) electrons. The highest BCUT2D eigenvalue weighted by molar-refractivity contribution is 5.86. The molecule has 1 N–H and O–H groups in total. The SMILES string of the molecule is CCCN1CCC(C(=O)O)(N(C(C)=O)C(C)C)CC1. The standard InChI is InChI=1S/C14H26N2O3/c1-5-8-15-9-6-14(7-10-15,13(18)19)16(11(2)3)12(4)17/h11H,5-10H2,1-4H3,(H,18,19). The third-order valence-corrected chi connectivity index (χ3v) is 3.94. The van der Waals surface area contributed by atoms with E-state index in [2.05, 4.69) is 11.8 Å².